The number of rotatable bonds is 5. The maximum Gasteiger partial charge on any atom is 0.172 e. The van der Waals surface area contributed by atoms with Crippen molar-refractivity contribution < 1.29 is 9.47 Å². The predicted molar refractivity (Wildman–Crippen MR) is 109 cm³/mol. The molecule has 4 aromatic rings. The lowest BCUT2D eigenvalue weighted by atomic mass is 10.1. The van der Waals surface area contributed by atoms with Gasteiger partial charge in [0.15, 0.2) is 11.5 Å². The largest absolute Gasteiger partial charge is 0.493 e. The second-order valence-electron chi connectivity index (χ2n) is 5.93. The molecule has 0 saturated carbocycles. The van der Waals surface area contributed by atoms with E-state index in [1.165, 1.54) is 0 Å². The van der Waals surface area contributed by atoms with Crippen LogP contribution in [0.1, 0.15) is 5.56 Å². The van der Waals surface area contributed by atoms with Crippen molar-refractivity contribution in [3.05, 3.63) is 76.3 Å². The van der Waals surface area contributed by atoms with Gasteiger partial charge < -0.3 is 14.5 Å². The normalized spacial score (nSPS) is 10.9. The minimum atomic E-state index is 0.214. The van der Waals surface area contributed by atoms with E-state index < -0.39 is 0 Å². The Bertz CT molecular complexity index is 1060. The fourth-order valence-corrected chi connectivity index (χ4v) is 3.41. The first-order valence-corrected chi connectivity index (χ1v) is 9.11. The Labute approximate surface area is 166 Å². The Hall–Kier alpha value is -2.69. The highest BCUT2D eigenvalue weighted by Crippen LogP contribution is 2.38. The minimum Gasteiger partial charge on any atom is -0.493 e. The number of nitrogens with one attached hydrogen (secondary N) is 1. The number of H-pyrrole nitrogens is 1. The van der Waals surface area contributed by atoms with Crippen LogP contribution in [0.4, 0.5) is 0 Å². The Balaban J connectivity index is 1.75. The fraction of sp³-hybridized carbons (Fsp3) is 0.0952. The third-order valence-corrected chi connectivity index (χ3v) is 4.97. The smallest absolute Gasteiger partial charge is 0.172 e. The number of hydrogen-bond acceptors (Lipinski definition) is 3. The van der Waals surface area contributed by atoms with E-state index in [-0.39, 0.29) is 6.61 Å². The third kappa shape index (κ3) is 3.46. The lowest BCUT2D eigenvalue weighted by Gasteiger charge is -2.15. The molecule has 6 heteroatoms. The molecular formula is C21H16Cl2N2O2. The number of nitrogens with zero attached hydrogens (tertiary/aromatic N) is 1. The number of hydrogen-bond donors (Lipinski definition) is 1. The first-order valence-electron chi connectivity index (χ1n) is 8.35. The average Bonchev–Trinajstić information content (AvgIpc) is 3.11. The highest BCUT2D eigenvalue weighted by atomic mass is 35.5. The van der Waals surface area contributed by atoms with Crippen LogP contribution in [0.15, 0.2) is 60.7 Å². The zero-order chi connectivity index (χ0) is 18.8. The molecule has 0 bridgehead atoms. The number of ether oxygens (including phenoxy) is 2. The summed E-state index contributed by atoms with van der Waals surface area (Å²) < 4.78 is 11.6. The number of halogens is 2. The molecule has 0 saturated heterocycles. The summed E-state index contributed by atoms with van der Waals surface area (Å²) in [5.74, 6) is 1.89. The van der Waals surface area contributed by atoms with Crippen LogP contribution in [0.5, 0.6) is 11.5 Å². The lowest BCUT2D eigenvalue weighted by molar-refractivity contribution is 0.286. The Kier molecular flexibility index (Phi) is 4.92. The number of methoxy groups -OCH3 is 1. The fourth-order valence-electron chi connectivity index (χ4n) is 2.91. The van der Waals surface area contributed by atoms with E-state index in [1.807, 2.05) is 42.5 Å². The standard InChI is InChI=1S/C21H16Cl2N2O2/c1-26-19-11-4-6-13(21-24-17-9-2-3-10-18(17)25-21)20(19)27-12-14-15(22)7-5-8-16(14)23/h2-11H,12H2,1H3,(H,24,25). The van der Waals surface area contributed by atoms with E-state index in [2.05, 4.69) is 9.97 Å². The maximum atomic E-state index is 6.27. The van der Waals surface area contributed by atoms with Gasteiger partial charge in [-0.2, -0.15) is 0 Å². The van der Waals surface area contributed by atoms with Gasteiger partial charge in [0.25, 0.3) is 0 Å². The Morgan fingerprint density at radius 2 is 1.67 bits per heavy atom. The molecule has 27 heavy (non-hydrogen) atoms. The molecule has 0 aliphatic heterocycles. The van der Waals surface area contributed by atoms with Crippen LogP contribution < -0.4 is 9.47 Å². The number of para-hydroxylation sites is 3. The van der Waals surface area contributed by atoms with Crippen molar-refractivity contribution in [1.82, 2.24) is 9.97 Å². The summed E-state index contributed by atoms with van der Waals surface area (Å²) >= 11 is 12.5. The SMILES string of the molecule is COc1cccc(-c2nc3ccccc3[nH]2)c1OCc1c(Cl)cccc1Cl. The molecule has 0 spiro atoms. The molecule has 1 N–H and O–H groups in total. The monoisotopic (exact) mass is 398 g/mol. The van der Waals surface area contributed by atoms with Gasteiger partial charge in [0, 0.05) is 15.6 Å². The Morgan fingerprint density at radius 1 is 0.926 bits per heavy atom. The highest BCUT2D eigenvalue weighted by Gasteiger charge is 2.17. The van der Waals surface area contributed by atoms with E-state index >= 15 is 0 Å². The van der Waals surface area contributed by atoms with Gasteiger partial charge in [-0.15, -0.1) is 0 Å². The molecule has 1 aromatic heterocycles. The van der Waals surface area contributed by atoms with Crippen molar-refractivity contribution in [2.24, 2.45) is 0 Å². The number of aromatic nitrogens is 2. The van der Waals surface area contributed by atoms with Gasteiger partial charge in [-0.25, -0.2) is 4.98 Å². The quantitative estimate of drug-likeness (QED) is 0.440. The van der Waals surface area contributed by atoms with Crippen LogP contribution in [0.3, 0.4) is 0 Å². The first kappa shape index (κ1) is 17.7. The van der Waals surface area contributed by atoms with E-state index in [1.54, 1.807) is 25.3 Å². The molecule has 3 aromatic carbocycles. The van der Waals surface area contributed by atoms with Crippen molar-refractivity contribution in [1.29, 1.82) is 0 Å². The third-order valence-electron chi connectivity index (χ3n) is 4.27. The molecule has 0 unspecified atom stereocenters. The summed E-state index contributed by atoms with van der Waals surface area (Å²) in [6, 6.07) is 18.9. The molecule has 1 heterocycles. The summed E-state index contributed by atoms with van der Waals surface area (Å²) in [5.41, 5.74) is 3.36. The maximum absolute atomic E-state index is 6.27. The van der Waals surface area contributed by atoms with Crippen LogP contribution >= 0.6 is 23.2 Å². The molecule has 136 valence electrons. The van der Waals surface area contributed by atoms with Gasteiger partial charge in [0.05, 0.1) is 23.7 Å². The van der Waals surface area contributed by atoms with E-state index in [9.17, 15) is 0 Å². The molecule has 4 nitrogen and oxygen atoms in total. The average molecular weight is 399 g/mol. The van der Waals surface area contributed by atoms with E-state index in [0.717, 1.165) is 22.2 Å². The summed E-state index contributed by atoms with van der Waals surface area (Å²) in [7, 11) is 1.60. The number of aromatic amines is 1. The Morgan fingerprint density at radius 3 is 2.41 bits per heavy atom. The molecule has 0 atom stereocenters. The zero-order valence-corrected chi connectivity index (χ0v) is 16.0. The van der Waals surface area contributed by atoms with Crippen molar-refractivity contribution in [3.63, 3.8) is 0 Å². The molecule has 0 aliphatic carbocycles. The van der Waals surface area contributed by atoms with E-state index in [0.29, 0.717) is 27.4 Å². The van der Waals surface area contributed by atoms with Gasteiger partial charge in [-0.1, -0.05) is 47.5 Å². The molecule has 4 rings (SSSR count). The molecule has 0 fully saturated rings. The van der Waals surface area contributed by atoms with E-state index in [4.69, 9.17) is 32.7 Å². The van der Waals surface area contributed by atoms with Crippen LogP contribution in [-0.4, -0.2) is 17.1 Å². The van der Waals surface area contributed by atoms with Gasteiger partial charge >= 0.3 is 0 Å². The minimum absolute atomic E-state index is 0.214. The first-order chi connectivity index (χ1) is 13.2. The van der Waals surface area contributed by atoms with Crippen molar-refractivity contribution in [2.75, 3.05) is 7.11 Å². The number of imidazole rings is 1. The van der Waals surface area contributed by atoms with Crippen molar-refractivity contribution >= 4 is 34.2 Å². The highest BCUT2D eigenvalue weighted by molar-refractivity contribution is 6.35. The number of fused-ring (bicyclic) bond motifs is 1. The van der Waals surface area contributed by atoms with Gasteiger partial charge in [0.1, 0.15) is 12.4 Å². The molecule has 0 radical (unpaired) electrons. The summed E-state index contributed by atoms with van der Waals surface area (Å²) in [6.07, 6.45) is 0. The predicted octanol–water partition coefficient (Wildman–Crippen LogP) is 6.12. The van der Waals surface area contributed by atoms with Gasteiger partial charge in [-0.05, 0) is 36.4 Å². The second-order valence-corrected chi connectivity index (χ2v) is 6.74. The zero-order valence-electron chi connectivity index (χ0n) is 14.5. The van der Waals surface area contributed by atoms with Crippen LogP contribution in [0.25, 0.3) is 22.4 Å². The topological polar surface area (TPSA) is 47.1 Å². The van der Waals surface area contributed by atoms with Crippen LogP contribution in [-0.2, 0) is 6.61 Å². The van der Waals surface area contributed by atoms with Crippen molar-refractivity contribution in [3.8, 4) is 22.9 Å². The lowest BCUT2D eigenvalue weighted by Crippen LogP contribution is -2.01. The van der Waals surface area contributed by atoms with Gasteiger partial charge in [-0.3, -0.25) is 0 Å². The second kappa shape index (κ2) is 7.51. The summed E-state index contributed by atoms with van der Waals surface area (Å²) in [6.45, 7) is 0.214. The van der Waals surface area contributed by atoms with Gasteiger partial charge in [0.2, 0.25) is 0 Å². The molecular weight excluding hydrogens is 383 g/mol. The van der Waals surface area contributed by atoms with Crippen LogP contribution in [0, 0.1) is 0 Å². The molecule has 0 amide bonds. The van der Waals surface area contributed by atoms with Crippen molar-refractivity contribution in [2.45, 2.75) is 6.61 Å². The number of benzene rings is 3. The summed E-state index contributed by atoms with van der Waals surface area (Å²) in [4.78, 5) is 7.99. The molecule has 0 aliphatic rings. The van der Waals surface area contributed by atoms with Crippen LogP contribution in [0.2, 0.25) is 10.0 Å². The summed E-state index contributed by atoms with van der Waals surface area (Å²) in [5, 5.41) is 1.12.